The summed E-state index contributed by atoms with van der Waals surface area (Å²) in [5, 5.41) is 12.4. The number of carbonyl (C=O) groups is 2. The molecule has 0 radical (unpaired) electrons. The van der Waals surface area contributed by atoms with Crippen molar-refractivity contribution in [3.63, 3.8) is 0 Å². The Labute approximate surface area is 410 Å². The molecule has 346 valence electrons. The van der Waals surface area contributed by atoms with Gasteiger partial charge < -0.3 is 13.2 Å². The Bertz CT molecular complexity index is 4510. The molecule has 12 aromatic rings. The molecule has 5 heteroatoms. The van der Waals surface area contributed by atoms with E-state index < -0.39 is 0 Å². The second-order valence-corrected chi connectivity index (χ2v) is 25.1. The smallest absolute Gasteiger partial charge is 0.169 e. The molecule has 21 rings (SSSR count). The zero-order valence-corrected chi connectivity index (χ0v) is 41.0. The highest BCUT2D eigenvalue weighted by Crippen LogP contribution is 2.62. The van der Waals surface area contributed by atoms with Crippen molar-refractivity contribution in [2.24, 2.45) is 11.3 Å². The molecule has 71 heavy (non-hydrogen) atoms. The van der Waals surface area contributed by atoms with E-state index in [1.54, 1.807) is 11.1 Å². The SMILES string of the molecule is CC12CCC(C)(CC1)c1cc3c4cc5c(c6c7cc8c(cc7n(c3cc1C2=O)c46)c1c2oc3ccccc3c2c(-c2ccccc2)c2c3cc4c(cc3n8c21)C(=O)C1CCC4CC1)C1(C)CCC5(C)CC1. The minimum Gasteiger partial charge on any atom is -0.455 e. The molecular formula is C66H54N2O3. The molecule has 0 atom stereocenters. The number of hydrogen-bond donors (Lipinski definition) is 0. The maximum atomic E-state index is 15.0. The maximum absolute atomic E-state index is 15.0. The number of ketones is 2. The van der Waals surface area contributed by atoms with Crippen molar-refractivity contribution in [3.05, 3.63) is 130 Å². The Morgan fingerprint density at radius 2 is 1.06 bits per heavy atom. The Kier molecular flexibility index (Phi) is 6.65. The fourth-order valence-electron chi connectivity index (χ4n) is 17.3. The molecule has 0 amide bonds. The normalized spacial score (nSPS) is 28.2. The van der Waals surface area contributed by atoms with Crippen LogP contribution in [0.15, 0.2) is 101 Å². The van der Waals surface area contributed by atoms with Gasteiger partial charge in [-0.05, 0) is 176 Å². The van der Waals surface area contributed by atoms with Crippen LogP contribution in [0, 0.1) is 11.3 Å². The highest BCUT2D eigenvalue weighted by atomic mass is 16.3. The molecular weight excluding hydrogens is 869 g/mol. The lowest BCUT2D eigenvalue weighted by Crippen LogP contribution is -2.44. The lowest BCUT2D eigenvalue weighted by atomic mass is 9.52. The van der Waals surface area contributed by atoms with Crippen molar-refractivity contribution in [2.45, 2.75) is 127 Å². The third kappa shape index (κ3) is 4.33. The van der Waals surface area contributed by atoms with Gasteiger partial charge in [0.2, 0.25) is 0 Å². The molecule has 7 aromatic carbocycles. The lowest BCUT2D eigenvalue weighted by molar-refractivity contribution is 0.0731. The molecule has 0 aliphatic heterocycles. The Balaban J connectivity index is 1.09. The molecule has 5 aromatic heterocycles. The molecule has 0 unspecified atom stereocenters. The minimum atomic E-state index is -0.325. The standard InChI is InChI=1S/C66H54N2O3/c1-63-20-24-66(4,25-21-63)62(70)41-30-47-38(27-45(41)63)39-28-46-57(65(3)22-18-64(46,2)19-23-65)55-43-31-50-44(32-49(43)67(47)58(39)55)56-59-53(42-26-37-33-14-16-35(17-15-33)60(69)40(37)29-48(42)68(50)59)52(34-10-6-5-7-11-34)54-36-12-8-9-13-51(36)71-61(54)56/h5-13,26-33,35H,14-25H2,1-4H3. The summed E-state index contributed by atoms with van der Waals surface area (Å²) in [4.78, 5) is 29.6. The van der Waals surface area contributed by atoms with Gasteiger partial charge in [-0.25, -0.2) is 0 Å². The van der Waals surface area contributed by atoms with Crippen LogP contribution in [-0.2, 0) is 16.2 Å². The van der Waals surface area contributed by atoms with Crippen LogP contribution < -0.4 is 0 Å². The zero-order chi connectivity index (χ0) is 47.0. The molecule has 9 aliphatic carbocycles. The Morgan fingerprint density at radius 3 is 1.82 bits per heavy atom. The summed E-state index contributed by atoms with van der Waals surface area (Å²) in [5.74, 6) is 1.17. The molecule has 3 fully saturated rings. The second-order valence-electron chi connectivity index (χ2n) is 25.1. The van der Waals surface area contributed by atoms with Gasteiger partial charge in [-0.15, -0.1) is 0 Å². The first-order valence-electron chi connectivity index (χ1n) is 27.0. The highest BCUT2D eigenvalue weighted by Gasteiger charge is 2.51. The van der Waals surface area contributed by atoms with E-state index in [2.05, 4.69) is 134 Å². The summed E-state index contributed by atoms with van der Waals surface area (Å²) < 4.78 is 12.4. The number of benzene rings is 7. The van der Waals surface area contributed by atoms with E-state index in [1.807, 2.05) is 0 Å². The number of Topliss-reactive ketones (excluding diaryl/α,β-unsaturated/α-hetero) is 2. The van der Waals surface area contributed by atoms with Crippen molar-refractivity contribution < 1.29 is 14.0 Å². The fraction of sp³-hybridized carbons (Fsp3) is 0.333. The number of rotatable bonds is 1. The molecule has 6 bridgehead atoms. The highest BCUT2D eigenvalue weighted by molar-refractivity contribution is 6.40. The first-order valence-corrected chi connectivity index (χ1v) is 27.0. The first-order chi connectivity index (χ1) is 34.4. The third-order valence-electron chi connectivity index (χ3n) is 21.5. The second kappa shape index (κ2) is 12.1. The monoisotopic (exact) mass is 922 g/mol. The summed E-state index contributed by atoms with van der Waals surface area (Å²) in [5.41, 5.74) is 18.6. The van der Waals surface area contributed by atoms with Gasteiger partial charge >= 0.3 is 0 Å². The van der Waals surface area contributed by atoms with Crippen molar-refractivity contribution in [1.82, 2.24) is 8.80 Å². The van der Waals surface area contributed by atoms with Crippen LogP contribution in [0.2, 0.25) is 0 Å². The fourth-order valence-corrected chi connectivity index (χ4v) is 17.3. The predicted molar refractivity (Wildman–Crippen MR) is 289 cm³/mol. The van der Waals surface area contributed by atoms with Crippen LogP contribution in [0.3, 0.4) is 0 Å². The van der Waals surface area contributed by atoms with Crippen molar-refractivity contribution in [2.75, 3.05) is 0 Å². The lowest BCUT2D eigenvalue weighted by Gasteiger charge is -2.52. The average molecular weight is 923 g/mol. The summed E-state index contributed by atoms with van der Waals surface area (Å²) in [6.07, 6.45) is 12.9. The van der Waals surface area contributed by atoms with Crippen molar-refractivity contribution >= 4 is 110 Å². The summed E-state index contributed by atoms with van der Waals surface area (Å²) in [6.45, 7) is 9.78. The van der Waals surface area contributed by atoms with Crippen LogP contribution in [0.4, 0.5) is 0 Å². The van der Waals surface area contributed by atoms with E-state index in [0.717, 1.165) is 112 Å². The number of hydrogen-bond acceptors (Lipinski definition) is 3. The number of aromatic nitrogens is 2. The molecule has 9 aliphatic rings. The number of nitrogens with zero attached hydrogens (tertiary/aromatic N) is 2. The van der Waals surface area contributed by atoms with Gasteiger partial charge in [-0.3, -0.25) is 9.59 Å². The van der Waals surface area contributed by atoms with Crippen molar-refractivity contribution in [1.29, 1.82) is 0 Å². The average Bonchev–Trinajstić information content (AvgIpc) is 4.15. The molecule has 3 saturated carbocycles. The Morgan fingerprint density at radius 1 is 0.479 bits per heavy atom. The number of para-hydroxylation sites is 1. The van der Waals surface area contributed by atoms with Gasteiger partial charge in [0.05, 0.1) is 38.5 Å². The summed E-state index contributed by atoms with van der Waals surface area (Å²) in [6, 6.07) is 36.9. The maximum Gasteiger partial charge on any atom is 0.169 e. The van der Waals surface area contributed by atoms with E-state index in [4.69, 9.17) is 4.42 Å². The molecule has 0 spiro atoms. The van der Waals surface area contributed by atoms with Crippen LogP contribution in [0.5, 0.6) is 0 Å². The summed E-state index contributed by atoms with van der Waals surface area (Å²) >= 11 is 0. The summed E-state index contributed by atoms with van der Waals surface area (Å²) in [7, 11) is 0. The number of carbonyl (C=O) groups excluding carboxylic acids is 2. The largest absolute Gasteiger partial charge is 0.455 e. The van der Waals surface area contributed by atoms with Crippen LogP contribution in [-0.4, -0.2) is 20.4 Å². The molecule has 5 heterocycles. The van der Waals surface area contributed by atoms with Gasteiger partial charge in [0, 0.05) is 76.5 Å². The van der Waals surface area contributed by atoms with E-state index in [-0.39, 0.29) is 27.6 Å². The number of furan rings is 1. The van der Waals surface area contributed by atoms with E-state index in [0.29, 0.717) is 17.5 Å². The molecule has 0 saturated heterocycles. The number of fused-ring (bicyclic) bond motifs is 22. The first kappa shape index (κ1) is 39.0. The minimum absolute atomic E-state index is 0.0178. The molecule has 5 nitrogen and oxygen atoms in total. The zero-order valence-electron chi connectivity index (χ0n) is 41.0. The van der Waals surface area contributed by atoms with Crippen LogP contribution in [0.1, 0.15) is 154 Å². The topological polar surface area (TPSA) is 56.1 Å². The Hall–Kier alpha value is -6.72. The van der Waals surface area contributed by atoms with E-state index in [1.165, 1.54) is 96.8 Å². The van der Waals surface area contributed by atoms with Crippen LogP contribution in [0.25, 0.3) is 109 Å². The van der Waals surface area contributed by atoms with Gasteiger partial charge in [-0.1, -0.05) is 76.2 Å². The van der Waals surface area contributed by atoms with Gasteiger partial charge in [0.15, 0.2) is 11.6 Å². The predicted octanol–water partition coefficient (Wildman–Crippen LogP) is 17.2. The van der Waals surface area contributed by atoms with Gasteiger partial charge in [0.1, 0.15) is 11.2 Å². The van der Waals surface area contributed by atoms with E-state index in [9.17, 15) is 9.59 Å². The van der Waals surface area contributed by atoms with Gasteiger partial charge in [0.25, 0.3) is 0 Å². The van der Waals surface area contributed by atoms with Gasteiger partial charge in [-0.2, -0.15) is 0 Å². The van der Waals surface area contributed by atoms with E-state index >= 15 is 0 Å². The van der Waals surface area contributed by atoms with Crippen molar-refractivity contribution in [3.8, 4) is 11.1 Å². The molecule has 0 N–H and O–H groups in total. The quantitative estimate of drug-likeness (QED) is 0.165. The third-order valence-corrected chi connectivity index (χ3v) is 21.5. The van der Waals surface area contributed by atoms with Crippen LogP contribution >= 0.6 is 0 Å².